The number of aliphatic hydroxyl groups excluding tert-OH is 1. The fraction of sp³-hybridized carbons (Fsp3) is 0.800. The lowest BCUT2D eigenvalue weighted by molar-refractivity contribution is -0.324. The molecule has 0 saturated carbocycles. The molecule has 0 aliphatic carbocycles. The monoisotopic (exact) mass is 200 g/mol. The molecule has 0 amide bonds. The van der Waals surface area contributed by atoms with Crippen molar-refractivity contribution in [2.24, 2.45) is 0 Å². The van der Waals surface area contributed by atoms with E-state index in [-0.39, 0.29) is 0 Å². The van der Waals surface area contributed by atoms with Gasteiger partial charge < -0.3 is 19.7 Å². The van der Waals surface area contributed by atoms with E-state index < -0.39 is 17.7 Å². The van der Waals surface area contributed by atoms with Gasteiger partial charge in [-0.3, -0.25) is 0 Å². The average molecular weight is 200 g/mol. The third-order valence-electron chi connectivity index (χ3n) is 2.78. The highest BCUT2D eigenvalue weighted by molar-refractivity contribution is 5.13. The van der Waals surface area contributed by atoms with E-state index >= 15 is 0 Å². The Bertz CT molecular complexity index is 243. The third-order valence-corrected chi connectivity index (χ3v) is 2.78. The van der Waals surface area contributed by atoms with Crippen LogP contribution in [0.4, 0.5) is 0 Å². The lowest BCUT2D eigenvalue weighted by atomic mass is 10.1. The van der Waals surface area contributed by atoms with Crippen LogP contribution >= 0.6 is 0 Å². The molecule has 1 fully saturated rings. The number of hydrogen-bond donors (Lipinski definition) is 2. The van der Waals surface area contributed by atoms with Gasteiger partial charge in [0.25, 0.3) is 0 Å². The molecule has 80 valence electrons. The lowest BCUT2D eigenvalue weighted by Crippen LogP contribution is -2.46. The average Bonchev–Trinajstić information content (AvgIpc) is 2.47. The van der Waals surface area contributed by atoms with Crippen LogP contribution in [0.3, 0.4) is 0 Å². The van der Waals surface area contributed by atoms with Crippen molar-refractivity contribution in [2.75, 3.05) is 6.61 Å². The first-order valence-corrected chi connectivity index (χ1v) is 5.01. The Balaban J connectivity index is 2.10. The smallest absolute Gasteiger partial charge is 0.215 e. The first-order chi connectivity index (χ1) is 6.56. The minimum atomic E-state index is -1.59. The number of hydrogen-bond acceptors (Lipinski definition) is 4. The molecule has 3 atom stereocenters. The van der Waals surface area contributed by atoms with E-state index in [1.165, 1.54) is 13.0 Å². The van der Waals surface area contributed by atoms with Crippen LogP contribution in [0.1, 0.15) is 26.2 Å². The number of aliphatic hydroxyl groups is 2. The Hall–Kier alpha value is -0.420. The highest BCUT2D eigenvalue weighted by Gasteiger charge is 2.47. The quantitative estimate of drug-likeness (QED) is 0.606. The van der Waals surface area contributed by atoms with Crippen molar-refractivity contribution in [3.05, 3.63) is 12.2 Å². The van der Waals surface area contributed by atoms with Gasteiger partial charge >= 0.3 is 0 Å². The van der Waals surface area contributed by atoms with Crippen molar-refractivity contribution in [1.82, 2.24) is 0 Å². The van der Waals surface area contributed by atoms with Gasteiger partial charge in [-0.1, -0.05) is 0 Å². The lowest BCUT2D eigenvalue weighted by Gasteiger charge is -2.36. The SMILES string of the molecule is CC(O)C1(O)C=CC2(CCCCO2)O1. The molecule has 0 aromatic rings. The van der Waals surface area contributed by atoms with Gasteiger partial charge in [0.1, 0.15) is 6.10 Å². The molecule has 2 rings (SSSR count). The van der Waals surface area contributed by atoms with Crippen molar-refractivity contribution in [2.45, 2.75) is 43.9 Å². The van der Waals surface area contributed by atoms with Crippen LogP contribution in [0.2, 0.25) is 0 Å². The van der Waals surface area contributed by atoms with Crippen molar-refractivity contribution in [3.63, 3.8) is 0 Å². The van der Waals surface area contributed by atoms with E-state index in [9.17, 15) is 10.2 Å². The summed E-state index contributed by atoms with van der Waals surface area (Å²) in [6, 6.07) is 0. The first-order valence-electron chi connectivity index (χ1n) is 5.01. The molecule has 4 nitrogen and oxygen atoms in total. The Morgan fingerprint density at radius 2 is 2.14 bits per heavy atom. The Morgan fingerprint density at radius 1 is 1.36 bits per heavy atom. The zero-order valence-electron chi connectivity index (χ0n) is 8.27. The molecule has 3 unspecified atom stereocenters. The van der Waals surface area contributed by atoms with Gasteiger partial charge in [-0.05, 0) is 31.9 Å². The molecule has 0 radical (unpaired) electrons. The maximum absolute atomic E-state index is 9.85. The minimum absolute atomic E-state index is 0.639. The molecule has 0 aromatic heterocycles. The van der Waals surface area contributed by atoms with Gasteiger partial charge in [0, 0.05) is 6.42 Å². The predicted octanol–water partition coefficient (Wildman–Crippen LogP) is 0.539. The number of rotatable bonds is 1. The second-order valence-electron chi connectivity index (χ2n) is 3.98. The van der Waals surface area contributed by atoms with Crippen LogP contribution in [-0.4, -0.2) is 34.5 Å². The molecule has 0 aromatic carbocycles. The standard InChI is InChI=1S/C10H16O4/c1-8(11)10(12)6-5-9(14-10)4-2-3-7-13-9/h5-6,8,11-12H,2-4,7H2,1H3. The van der Waals surface area contributed by atoms with E-state index in [0.717, 1.165) is 19.3 Å². The normalized spacial score (nSPS) is 44.5. The summed E-state index contributed by atoms with van der Waals surface area (Å²) < 4.78 is 10.9. The second-order valence-corrected chi connectivity index (χ2v) is 3.98. The van der Waals surface area contributed by atoms with Gasteiger partial charge in [0.2, 0.25) is 5.79 Å². The third kappa shape index (κ3) is 1.59. The molecule has 0 bridgehead atoms. The molecule has 2 heterocycles. The van der Waals surface area contributed by atoms with E-state index in [1.807, 2.05) is 0 Å². The van der Waals surface area contributed by atoms with Crippen molar-refractivity contribution in [3.8, 4) is 0 Å². The largest absolute Gasteiger partial charge is 0.387 e. The molecule has 14 heavy (non-hydrogen) atoms. The highest BCUT2D eigenvalue weighted by Crippen LogP contribution is 2.38. The molecular formula is C10H16O4. The summed E-state index contributed by atoms with van der Waals surface area (Å²) in [5, 5.41) is 19.2. The maximum atomic E-state index is 9.85. The van der Waals surface area contributed by atoms with E-state index in [4.69, 9.17) is 9.47 Å². The van der Waals surface area contributed by atoms with Crippen molar-refractivity contribution >= 4 is 0 Å². The minimum Gasteiger partial charge on any atom is -0.387 e. The maximum Gasteiger partial charge on any atom is 0.215 e. The van der Waals surface area contributed by atoms with Crippen molar-refractivity contribution < 1.29 is 19.7 Å². The predicted molar refractivity (Wildman–Crippen MR) is 49.4 cm³/mol. The van der Waals surface area contributed by atoms with Crippen LogP contribution in [0.5, 0.6) is 0 Å². The van der Waals surface area contributed by atoms with Crippen molar-refractivity contribution in [1.29, 1.82) is 0 Å². The summed E-state index contributed by atoms with van der Waals surface area (Å²) in [7, 11) is 0. The molecule has 2 aliphatic heterocycles. The van der Waals surface area contributed by atoms with Gasteiger partial charge in [-0.25, -0.2) is 0 Å². The molecule has 1 spiro atoms. The van der Waals surface area contributed by atoms with E-state index in [0.29, 0.717) is 6.61 Å². The summed E-state index contributed by atoms with van der Waals surface area (Å²) in [6.07, 6.45) is 5.00. The fourth-order valence-corrected chi connectivity index (χ4v) is 1.82. The van der Waals surface area contributed by atoms with Gasteiger partial charge in [0.05, 0.1) is 6.61 Å². The first kappa shape index (κ1) is 10.1. The van der Waals surface area contributed by atoms with Crippen LogP contribution in [0.15, 0.2) is 12.2 Å². The van der Waals surface area contributed by atoms with Crippen LogP contribution in [0.25, 0.3) is 0 Å². The summed E-state index contributed by atoms with van der Waals surface area (Å²) in [6.45, 7) is 2.13. The molecule has 1 saturated heterocycles. The van der Waals surface area contributed by atoms with Gasteiger partial charge in [0.15, 0.2) is 5.79 Å². The molecule has 2 aliphatic rings. The summed E-state index contributed by atoms with van der Waals surface area (Å²) in [5.41, 5.74) is 0. The van der Waals surface area contributed by atoms with E-state index in [1.54, 1.807) is 6.08 Å². The van der Waals surface area contributed by atoms with E-state index in [2.05, 4.69) is 0 Å². The molecule has 2 N–H and O–H groups in total. The Labute approximate surface area is 83.1 Å². The molecular weight excluding hydrogens is 184 g/mol. The summed E-state index contributed by atoms with van der Waals surface area (Å²) in [4.78, 5) is 0. The number of ether oxygens (including phenoxy) is 2. The highest BCUT2D eigenvalue weighted by atomic mass is 16.8. The summed E-state index contributed by atoms with van der Waals surface area (Å²) >= 11 is 0. The van der Waals surface area contributed by atoms with Gasteiger partial charge in [-0.15, -0.1) is 0 Å². The van der Waals surface area contributed by atoms with Crippen LogP contribution < -0.4 is 0 Å². The topological polar surface area (TPSA) is 58.9 Å². The molecule has 4 heteroatoms. The Kier molecular flexibility index (Phi) is 2.39. The Morgan fingerprint density at radius 3 is 2.64 bits per heavy atom. The zero-order chi connectivity index (χ0) is 10.2. The zero-order valence-corrected chi connectivity index (χ0v) is 8.27. The fourth-order valence-electron chi connectivity index (χ4n) is 1.82. The van der Waals surface area contributed by atoms with Crippen LogP contribution in [-0.2, 0) is 9.47 Å². The van der Waals surface area contributed by atoms with Crippen LogP contribution in [0, 0.1) is 0 Å². The second kappa shape index (κ2) is 3.31. The van der Waals surface area contributed by atoms with Gasteiger partial charge in [-0.2, -0.15) is 0 Å². The summed E-state index contributed by atoms with van der Waals surface area (Å²) in [5.74, 6) is -2.39.